The Morgan fingerprint density at radius 3 is 1.60 bits per heavy atom. The predicted octanol–water partition coefficient (Wildman–Crippen LogP) is 4.23. The lowest BCUT2D eigenvalue weighted by Gasteiger charge is -2.03. The van der Waals surface area contributed by atoms with E-state index in [-0.39, 0.29) is 0 Å². The molecule has 0 aliphatic rings. The van der Waals surface area contributed by atoms with Crippen molar-refractivity contribution in [3.63, 3.8) is 0 Å². The van der Waals surface area contributed by atoms with Crippen LogP contribution in [0.5, 0.6) is 0 Å². The maximum absolute atomic E-state index is 5.42. The molecular formula is C12H22OS2. The second-order valence-electron chi connectivity index (χ2n) is 3.50. The number of rotatable bonds is 8. The molecule has 0 aliphatic carbocycles. The lowest BCUT2D eigenvalue weighted by atomic mass is 10.2. The van der Waals surface area contributed by atoms with Crippen LogP contribution in [0.1, 0.15) is 39.5 Å². The van der Waals surface area contributed by atoms with Crippen LogP contribution in [0.15, 0.2) is 23.7 Å². The molecule has 0 N–H and O–H groups in total. The summed E-state index contributed by atoms with van der Waals surface area (Å²) in [7, 11) is 0. The molecule has 0 heterocycles. The first-order valence-electron chi connectivity index (χ1n) is 5.51. The first-order chi connectivity index (χ1) is 7.28. The van der Waals surface area contributed by atoms with Crippen molar-refractivity contribution in [2.24, 2.45) is 0 Å². The van der Waals surface area contributed by atoms with Crippen molar-refractivity contribution in [1.29, 1.82) is 0 Å². The topological polar surface area (TPSA) is 9.23 Å². The van der Waals surface area contributed by atoms with Gasteiger partial charge in [0.25, 0.3) is 0 Å². The highest BCUT2D eigenvalue weighted by Gasteiger charge is 1.94. The van der Waals surface area contributed by atoms with E-state index in [1.165, 1.54) is 11.1 Å². The van der Waals surface area contributed by atoms with Gasteiger partial charge in [-0.1, -0.05) is 26.7 Å². The van der Waals surface area contributed by atoms with Gasteiger partial charge in [-0.05, 0) is 24.0 Å². The lowest BCUT2D eigenvalue weighted by Crippen LogP contribution is -1.88. The largest absolute Gasteiger partial charge is 0.473 e. The van der Waals surface area contributed by atoms with Crippen LogP contribution in [0.4, 0.5) is 0 Å². The summed E-state index contributed by atoms with van der Waals surface area (Å²) in [4.78, 5) is 0. The van der Waals surface area contributed by atoms with Crippen molar-refractivity contribution in [3.05, 3.63) is 23.7 Å². The molecule has 0 saturated heterocycles. The van der Waals surface area contributed by atoms with Crippen LogP contribution >= 0.6 is 25.3 Å². The Balaban J connectivity index is 4.09. The molecule has 88 valence electrons. The molecule has 0 bridgehead atoms. The third kappa shape index (κ3) is 7.86. The van der Waals surface area contributed by atoms with Gasteiger partial charge in [0, 0.05) is 11.5 Å². The molecular weight excluding hydrogens is 224 g/mol. The summed E-state index contributed by atoms with van der Waals surface area (Å²) >= 11 is 8.51. The van der Waals surface area contributed by atoms with E-state index in [0.717, 1.165) is 37.2 Å². The monoisotopic (exact) mass is 246 g/mol. The Hall–Kier alpha value is -0.0200. The van der Waals surface area contributed by atoms with E-state index < -0.39 is 0 Å². The fourth-order valence-electron chi connectivity index (χ4n) is 1.22. The average molecular weight is 246 g/mol. The van der Waals surface area contributed by atoms with Gasteiger partial charge in [0.1, 0.15) is 0 Å². The normalized spacial score (nSPS) is 13.1. The molecule has 0 aromatic heterocycles. The first kappa shape index (κ1) is 15.0. The maximum Gasteiger partial charge on any atom is 0.0901 e. The molecule has 0 rings (SSSR count). The Morgan fingerprint density at radius 2 is 1.33 bits per heavy atom. The van der Waals surface area contributed by atoms with Crippen molar-refractivity contribution < 1.29 is 4.74 Å². The summed E-state index contributed by atoms with van der Waals surface area (Å²) in [5.74, 6) is 1.54. The summed E-state index contributed by atoms with van der Waals surface area (Å²) in [6.07, 6.45) is 8.01. The van der Waals surface area contributed by atoms with E-state index in [4.69, 9.17) is 4.74 Å². The fourth-order valence-corrected chi connectivity index (χ4v) is 1.68. The zero-order valence-electron chi connectivity index (χ0n) is 9.70. The molecule has 0 unspecified atom stereocenters. The van der Waals surface area contributed by atoms with Gasteiger partial charge in [0.2, 0.25) is 0 Å². The summed E-state index contributed by atoms with van der Waals surface area (Å²) in [5.41, 5.74) is 2.49. The van der Waals surface area contributed by atoms with Crippen molar-refractivity contribution in [2.45, 2.75) is 39.5 Å². The van der Waals surface area contributed by atoms with Gasteiger partial charge in [-0.2, -0.15) is 25.3 Å². The minimum absolute atomic E-state index is 0.770. The van der Waals surface area contributed by atoms with E-state index in [1.54, 1.807) is 0 Å². The Kier molecular flexibility index (Phi) is 10.5. The Labute approximate surface area is 105 Å². The third-order valence-electron chi connectivity index (χ3n) is 2.02. The number of thiol groups is 2. The fraction of sp³-hybridized carbons (Fsp3) is 0.667. The predicted molar refractivity (Wildman–Crippen MR) is 74.8 cm³/mol. The van der Waals surface area contributed by atoms with E-state index >= 15 is 0 Å². The van der Waals surface area contributed by atoms with Crippen LogP contribution in [0.2, 0.25) is 0 Å². The zero-order chi connectivity index (χ0) is 11.5. The van der Waals surface area contributed by atoms with E-state index in [2.05, 4.69) is 39.1 Å². The minimum Gasteiger partial charge on any atom is -0.473 e. The smallest absolute Gasteiger partial charge is 0.0901 e. The molecule has 0 spiro atoms. The van der Waals surface area contributed by atoms with Crippen LogP contribution in [0, 0.1) is 0 Å². The molecule has 0 atom stereocenters. The molecule has 15 heavy (non-hydrogen) atoms. The number of ether oxygens (including phenoxy) is 1. The van der Waals surface area contributed by atoms with Crippen molar-refractivity contribution >= 4 is 25.3 Å². The molecule has 0 amide bonds. The second-order valence-corrected chi connectivity index (χ2v) is 4.14. The van der Waals surface area contributed by atoms with Gasteiger partial charge in [0.05, 0.1) is 12.5 Å². The summed E-state index contributed by atoms with van der Waals surface area (Å²) in [6.45, 7) is 4.31. The summed E-state index contributed by atoms with van der Waals surface area (Å²) in [5, 5.41) is 0. The molecule has 3 heteroatoms. The van der Waals surface area contributed by atoms with Gasteiger partial charge in [-0.15, -0.1) is 0 Å². The van der Waals surface area contributed by atoms with Crippen molar-refractivity contribution in [2.75, 3.05) is 11.5 Å². The molecule has 0 radical (unpaired) electrons. The standard InChI is InChI=1S/C12H22OS2/c1-3-5-11(9-14)7-13-8-12(10-15)6-4-2/h7-8,14-15H,3-6,9-10H2,1-2H3. The van der Waals surface area contributed by atoms with Crippen molar-refractivity contribution in [1.82, 2.24) is 0 Å². The van der Waals surface area contributed by atoms with E-state index in [9.17, 15) is 0 Å². The SMILES string of the molecule is CCCC(=COC=C(CS)CCC)CS. The van der Waals surface area contributed by atoms with Crippen LogP contribution in [-0.2, 0) is 4.74 Å². The van der Waals surface area contributed by atoms with Crippen LogP contribution in [0.3, 0.4) is 0 Å². The molecule has 0 aromatic rings. The van der Waals surface area contributed by atoms with Gasteiger partial charge in [-0.3, -0.25) is 0 Å². The molecule has 0 aliphatic heterocycles. The zero-order valence-corrected chi connectivity index (χ0v) is 11.5. The van der Waals surface area contributed by atoms with Gasteiger partial charge < -0.3 is 4.74 Å². The molecule has 0 saturated carbocycles. The first-order valence-corrected chi connectivity index (χ1v) is 6.77. The van der Waals surface area contributed by atoms with Crippen LogP contribution in [0.25, 0.3) is 0 Å². The Morgan fingerprint density at radius 1 is 0.933 bits per heavy atom. The second kappa shape index (κ2) is 10.5. The maximum atomic E-state index is 5.42. The third-order valence-corrected chi connectivity index (χ3v) is 2.83. The summed E-state index contributed by atoms with van der Waals surface area (Å²) in [6, 6.07) is 0. The van der Waals surface area contributed by atoms with Crippen LogP contribution in [-0.4, -0.2) is 11.5 Å². The molecule has 1 nitrogen and oxygen atoms in total. The number of hydrogen-bond donors (Lipinski definition) is 2. The molecule has 0 aromatic carbocycles. The minimum atomic E-state index is 0.770. The van der Waals surface area contributed by atoms with E-state index in [0.29, 0.717) is 0 Å². The number of hydrogen-bond acceptors (Lipinski definition) is 3. The van der Waals surface area contributed by atoms with Crippen molar-refractivity contribution in [3.8, 4) is 0 Å². The van der Waals surface area contributed by atoms with Gasteiger partial charge in [0.15, 0.2) is 0 Å². The average Bonchev–Trinajstić information content (AvgIpc) is 2.26. The quantitative estimate of drug-likeness (QED) is 0.481. The highest BCUT2D eigenvalue weighted by atomic mass is 32.1. The molecule has 0 fully saturated rings. The van der Waals surface area contributed by atoms with Crippen LogP contribution < -0.4 is 0 Å². The van der Waals surface area contributed by atoms with Gasteiger partial charge in [-0.25, -0.2) is 0 Å². The highest BCUT2D eigenvalue weighted by molar-refractivity contribution is 7.80. The highest BCUT2D eigenvalue weighted by Crippen LogP contribution is 2.10. The Bertz CT molecular complexity index is 188. The summed E-state index contributed by atoms with van der Waals surface area (Å²) < 4.78 is 5.42. The van der Waals surface area contributed by atoms with Gasteiger partial charge >= 0.3 is 0 Å². The van der Waals surface area contributed by atoms with E-state index in [1.807, 2.05) is 12.5 Å². The lowest BCUT2D eigenvalue weighted by molar-refractivity contribution is 0.390.